The van der Waals surface area contributed by atoms with Gasteiger partial charge in [-0.25, -0.2) is 0 Å². The van der Waals surface area contributed by atoms with E-state index in [-0.39, 0.29) is 17.4 Å². The molecule has 0 bridgehead atoms. The first-order valence-corrected chi connectivity index (χ1v) is 8.39. The molecular weight excluding hydrogens is 290 g/mol. The number of ether oxygens (including phenoxy) is 1. The minimum atomic E-state index is 0.0770. The number of nitrogens with zero attached hydrogens (tertiary/aromatic N) is 3. The van der Waals surface area contributed by atoms with Gasteiger partial charge in [-0.3, -0.25) is 4.98 Å². The van der Waals surface area contributed by atoms with Crippen LogP contribution in [-0.4, -0.2) is 27.9 Å². The summed E-state index contributed by atoms with van der Waals surface area (Å²) in [5.41, 5.74) is 1.34. The molecule has 2 aliphatic rings. The lowest BCUT2D eigenvalue weighted by Gasteiger charge is -2.29. The molecule has 0 spiro atoms. The van der Waals surface area contributed by atoms with Gasteiger partial charge in [0.1, 0.15) is 0 Å². The third kappa shape index (κ3) is 2.78. The summed E-state index contributed by atoms with van der Waals surface area (Å²) in [6.07, 6.45) is 5.90. The normalized spacial score (nSPS) is 30.6. The Labute approximate surface area is 136 Å². The first kappa shape index (κ1) is 14.8. The van der Waals surface area contributed by atoms with E-state index in [0.717, 1.165) is 31.2 Å². The number of hydrogen-bond acceptors (Lipinski definition) is 5. The highest BCUT2D eigenvalue weighted by atomic mass is 16.5. The number of aromatic nitrogens is 3. The fourth-order valence-corrected chi connectivity index (χ4v) is 3.67. The molecule has 3 heterocycles. The molecule has 1 aliphatic carbocycles. The Kier molecular flexibility index (Phi) is 3.48. The van der Waals surface area contributed by atoms with Gasteiger partial charge in [-0.15, -0.1) is 10.2 Å². The zero-order valence-electron chi connectivity index (χ0n) is 13.9. The van der Waals surface area contributed by atoms with Crippen LogP contribution in [0.2, 0.25) is 0 Å². The molecule has 122 valence electrons. The van der Waals surface area contributed by atoms with Crippen molar-refractivity contribution in [2.24, 2.45) is 5.41 Å². The van der Waals surface area contributed by atoms with Gasteiger partial charge in [-0.1, -0.05) is 26.8 Å². The maximum absolute atomic E-state index is 6.05. The molecule has 0 N–H and O–H groups in total. The largest absolute Gasteiger partial charge is 0.425 e. The van der Waals surface area contributed by atoms with E-state index in [1.165, 1.54) is 5.56 Å². The smallest absolute Gasteiger partial charge is 0.222 e. The van der Waals surface area contributed by atoms with Gasteiger partial charge in [0, 0.05) is 24.9 Å². The van der Waals surface area contributed by atoms with E-state index in [1.54, 1.807) is 6.20 Å². The highest BCUT2D eigenvalue weighted by molar-refractivity contribution is 5.28. The molecule has 0 radical (unpaired) electrons. The van der Waals surface area contributed by atoms with Crippen LogP contribution in [-0.2, 0) is 4.74 Å². The SMILES string of the molecule is CC(C)(C)[C@H]1OCC[C@@H]1c1nnc([C@H]2C[C@@H]2c2cccnc2)o1. The summed E-state index contributed by atoms with van der Waals surface area (Å²) >= 11 is 0. The van der Waals surface area contributed by atoms with Crippen LogP contribution >= 0.6 is 0 Å². The number of hydrogen-bond donors (Lipinski definition) is 0. The van der Waals surface area contributed by atoms with E-state index < -0.39 is 0 Å². The predicted octanol–water partition coefficient (Wildman–Crippen LogP) is 3.65. The van der Waals surface area contributed by atoms with Gasteiger partial charge in [-0.2, -0.15) is 0 Å². The quantitative estimate of drug-likeness (QED) is 0.865. The Morgan fingerprint density at radius 2 is 1.87 bits per heavy atom. The van der Waals surface area contributed by atoms with Crippen LogP contribution in [0, 0.1) is 5.41 Å². The van der Waals surface area contributed by atoms with Crippen LogP contribution in [0.3, 0.4) is 0 Å². The van der Waals surface area contributed by atoms with Gasteiger partial charge < -0.3 is 9.15 Å². The summed E-state index contributed by atoms with van der Waals surface area (Å²) in [6.45, 7) is 7.37. The minimum Gasteiger partial charge on any atom is -0.425 e. The molecule has 1 saturated heterocycles. The maximum atomic E-state index is 6.05. The number of rotatable bonds is 3. The predicted molar refractivity (Wildman–Crippen MR) is 85.2 cm³/mol. The molecule has 1 saturated carbocycles. The van der Waals surface area contributed by atoms with Crippen molar-refractivity contribution in [3.05, 3.63) is 41.9 Å². The third-order valence-electron chi connectivity index (χ3n) is 4.94. The molecule has 5 nitrogen and oxygen atoms in total. The van der Waals surface area contributed by atoms with Gasteiger partial charge in [0.15, 0.2) is 0 Å². The molecule has 4 rings (SSSR count). The first-order valence-electron chi connectivity index (χ1n) is 8.39. The summed E-state index contributed by atoms with van der Waals surface area (Å²) < 4.78 is 12.0. The molecule has 1 aliphatic heterocycles. The summed E-state index contributed by atoms with van der Waals surface area (Å²) in [4.78, 5) is 4.20. The zero-order chi connectivity index (χ0) is 16.0. The summed E-state index contributed by atoms with van der Waals surface area (Å²) in [5, 5.41) is 8.66. The second-order valence-electron chi connectivity index (χ2n) is 7.77. The molecule has 2 aromatic rings. The van der Waals surface area contributed by atoms with Gasteiger partial charge >= 0.3 is 0 Å². The van der Waals surface area contributed by atoms with Gasteiger partial charge in [0.05, 0.1) is 12.0 Å². The molecular formula is C18H23N3O2. The highest BCUT2D eigenvalue weighted by Crippen LogP contribution is 2.54. The molecule has 0 unspecified atom stereocenters. The Morgan fingerprint density at radius 1 is 1.09 bits per heavy atom. The van der Waals surface area contributed by atoms with E-state index in [9.17, 15) is 0 Å². The van der Waals surface area contributed by atoms with Crippen LogP contribution in [0.4, 0.5) is 0 Å². The zero-order valence-corrected chi connectivity index (χ0v) is 13.9. The molecule has 5 heteroatoms. The van der Waals surface area contributed by atoms with Crippen LogP contribution in [0.15, 0.2) is 28.9 Å². The van der Waals surface area contributed by atoms with Crippen molar-refractivity contribution >= 4 is 0 Å². The summed E-state index contributed by atoms with van der Waals surface area (Å²) in [7, 11) is 0. The van der Waals surface area contributed by atoms with E-state index in [2.05, 4.69) is 42.0 Å². The Balaban J connectivity index is 1.50. The van der Waals surface area contributed by atoms with Crippen molar-refractivity contribution in [2.75, 3.05) is 6.61 Å². The van der Waals surface area contributed by atoms with Crippen molar-refractivity contribution < 1.29 is 9.15 Å². The highest BCUT2D eigenvalue weighted by Gasteiger charge is 2.45. The second kappa shape index (κ2) is 5.41. The van der Waals surface area contributed by atoms with Crippen LogP contribution < -0.4 is 0 Å². The lowest BCUT2D eigenvalue weighted by molar-refractivity contribution is 0.0170. The van der Waals surface area contributed by atoms with Gasteiger partial charge in [-0.05, 0) is 35.8 Å². The van der Waals surface area contributed by atoms with E-state index in [1.807, 2.05) is 12.3 Å². The monoisotopic (exact) mass is 313 g/mol. The first-order chi connectivity index (χ1) is 11.0. The lowest BCUT2D eigenvalue weighted by Crippen LogP contribution is -2.30. The van der Waals surface area contributed by atoms with Gasteiger partial charge in [0.25, 0.3) is 0 Å². The van der Waals surface area contributed by atoms with Crippen LogP contribution in [0.25, 0.3) is 0 Å². The standard InChI is InChI=1S/C18H23N3O2/c1-18(2,3)15-12(6-8-22-15)16-20-21-17(23-16)14-9-13(14)11-5-4-7-19-10-11/h4-5,7,10,12-15H,6,8-9H2,1-3H3/t12-,13+,14-,15-/m0/s1. The number of pyridine rings is 1. The molecule has 2 fully saturated rings. The fourth-order valence-electron chi connectivity index (χ4n) is 3.67. The topological polar surface area (TPSA) is 61.0 Å². The second-order valence-corrected chi connectivity index (χ2v) is 7.77. The minimum absolute atomic E-state index is 0.0770. The van der Waals surface area contributed by atoms with Crippen LogP contribution in [0.1, 0.15) is 68.7 Å². The Bertz CT molecular complexity index is 677. The average Bonchev–Trinajstić information content (AvgIpc) is 2.97. The Hall–Kier alpha value is -1.75. The molecule has 4 atom stereocenters. The maximum Gasteiger partial charge on any atom is 0.222 e. The third-order valence-corrected chi connectivity index (χ3v) is 4.94. The lowest BCUT2D eigenvalue weighted by atomic mass is 9.81. The van der Waals surface area contributed by atoms with Gasteiger partial charge in [0.2, 0.25) is 11.8 Å². The van der Waals surface area contributed by atoms with Crippen molar-refractivity contribution in [1.29, 1.82) is 0 Å². The van der Waals surface area contributed by atoms with Crippen LogP contribution in [0.5, 0.6) is 0 Å². The van der Waals surface area contributed by atoms with Crippen molar-refractivity contribution in [3.8, 4) is 0 Å². The summed E-state index contributed by atoms with van der Waals surface area (Å²) in [6, 6.07) is 4.10. The van der Waals surface area contributed by atoms with Crippen molar-refractivity contribution in [2.45, 2.75) is 57.5 Å². The molecule has 0 aromatic carbocycles. The molecule has 2 aromatic heterocycles. The Morgan fingerprint density at radius 3 is 2.57 bits per heavy atom. The molecule has 0 amide bonds. The molecule has 23 heavy (non-hydrogen) atoms. The van der Waals surface area contributed by atoms with E-state index >= 15 is 0 Å². The van der Waals surface area contributed by atoms with Crippen molar-refractivity contribution in [1.82, 2.24) is 15.2 Å². The van der Waals surface area contributed by atoms with Crippen molar-refractivity contribution in [3.63, 3.8) is 0 Å². The average molecular weight is 313 g/mol. The summed E-state index contributed by atoms with van der Waals surface area (Å²) in [5.74, 6) is 2.54. The van der Waals surface area contributed by atoms with E-state index in [4.69, 9.17) is 9.15 Å². The fraction of sp³-hybridized carbons (Fsp3) is 0.611. The van der Waals surface area contributed by atoms with E-state index in [0.29, 0.717) is 11.8 Å².